The molecule has 1 amide bonds. The first-order chi connectivity index (χ1) is 10.7. The molecule has 1 aliphatic heterocycles. The first-order valence-corrected chi connectivity index (χ1v) is 7.85. The Morgan fingerprint density at radius 1 is 1.27 bits per heavy atom. The van der Waals surface area contributed by atoms with Gasteiger partial charge in [0.05, 0.1) is 0 Å². The number of hydrogen-bond donors (Lipinski definition) is 2. The first-order valence-electron chi connectivity index (χ1n) is 7.85. The van der Waals surface area contributed by atoms with E-state index >= 15 is 0 Å². The number of amides is 1. The molecular formula is C18H22N2O2. The summed E-state index contributed by atoms with van der Waals surface area (Å²) in [6, 6.07) is 14.6. The first kappa shape index (κ1) is 14.9. The number of nitrogens with one attached hydrogen (secondary N) is 2. The summed E-state index contributed by atoms with van der Waals surface area (Å²) in [6.45, 7) is 3.16. The maximum absolute atomic E-state index is 12.1. The van der Waals surface area contributed by atoms with Crippen molar-refractivity contribution in [2.75, 3.05) is 13.2 Å². The van der Waals surface area contributed by atoms with Crippen LogP contribution in [-0.4, -0.2) is 31.1 Å². The fourth-order valence-corrected chi connectivity index (χ4v) is 3.00. The molecule has 1 saturated heterocycles. The standard InChI is InChI=1S/C18H22N2O2/c1-13-11-15(9-10-19-13)20-18(21)12-22-17-8-4-6-14-5-2-3-7-16(14)17/h2-8,13,15,19H,9-12H2,1H3,(H,20,21). The van der Waals surface area contributed by atoms with Crippen molar-refractivity contribution in [1.29, 1.82) is 0 Å². The summed E-state index contributed by atoms with van der Waals surface area (Å²) in [5, 5.41) is 8.60. The van der Waals surface area contributed by atoms with Gasteiger partial charge < -0.3 is 15.4 Å². The molecule has 0 radical (unpaired) electrons. The fourth-order valence-electron chi connectivity index (χ4n) is 3.00. The van der Waals surface area contributed by atoms with Crippen LogP contribution in [0.25, 0.3) is 10.8 Å². The molecule has 1 fully saturated rings. The molecule has 2 aromatic carbocycles. The minimum atomic E-state index is -0.0490. The highest BCUT2D eigenvalue weighted by molar-refractivity contribution is 5.88. The van der Waals surface area contributed by atoms with Gasteiger partial charge >= 0.3 is 0 Å². The number of ether oxygens (including phenoxy) is 1. The van der Waals surface area contributed by atoms with Crippen molar-refractivity contribution >= 4 is 16.7 Å². The van der Waals surface area contributed by atoms with Crippen molar-refractivity contribution in [2.45, 2.75) is 31.8 Å². The average Bonchev–Trinajstić information content (AvgIpc) is 2.53. The van der Waals surface area contributed by atoms with E-state index in [1.807, 2.05) is 42.5 Å². The minimum absolute atomic E-state index is 0.0490. The van der Waals surface area contributed by atoms with Crippen LogP contribution < -0.4 is 15.4 Å². The Morgan fingerprint density at radius 3 is 2.95 bits per heavy atom. The third-order valence-corrected chi connectivity index (χ3v) is 4.10. The Balaban J connectivity index is 1.58. The maximum Gasteiger partial charge on any atom is 0.258 e. The van der Waals surface area contributed by atoms with Gasteiger partial charge in [-0.2, -0.15) is 0 Å². The third-order valence-electron chi connectivity index (χ3n) is 4.10. The summed E-state index contributed by atoms with van der Waals surface area (Å²) in [5.41, 5.74) is 0. The molecule has 2 atom stereocenters. The molecule has 0 bridgehead atoms. The number of benzene rings is 2. The number of hydrogen-bond acceptors (Lipinski definition) is 3. The van der Waals surface area contributed by atoms with Gasteiger partial charge in [0.2, 0.25) is 0 Å². The normalized spacial score (nSPS) is 21.5. The van der Waals surface area contributed by atoms with E-state index in [2.05, 4.69) is 17.6 Å². The molecule has 4 heteroatoms. The van der Waals surface area contributed by atoms with Crippen LogP contribution in [0.15, 0.2) is 42.5 Å². The van der Waals surface area contributed by atoms with E-state index in [4.69, 9.17) is 4.74 Å². The monoisotopic (exact) mass is 298 g/mol. The predicted octanol–water partition coefficient (Wildman–Crippen LogP) is 2.48. The van der Waals surface area contributed by atoms with Crippen LogP contribution in [0.2, 0.25) is 0 Å². The summed E-state index contributed by atoms with van der Waals surface area (Å²) in [7, 11) is 0. The lowest BCUT2D eigenvalue weighted by Gasteiger charge is -2.28. The molecule has 2 N–H and O–H groups in total. The molecule has 2 unspecified atom stereocenters. The Labute approximate surface area is 130 Å². The van der Waals surface area contributed by atoms with Crippen molar-refractivity contribution in [3.63, 3.8) is 0 Å². The molecule has 116 valence electrons. The molecule has 1 aliphatic rings. The Morgan fingerprint density at radius 2 is 2.09 bits per heavy atom. The van der Waals surface area contributed by atoms with Gasteiger partial charge in [0.1, 0.15) is 5.75 Å². The van der Waals surface area contributed by atoms with E-state index in [1.54, 1.807) is 0 Å². The Bertz CT molecular complexity index is 651. The van der Waals surface area contributed by atoms with Gasteiger partial charge in [0.15, 0.2) is 6.61 Å². The molecular weight excluding hydrogens is 276 g/mol. The molecule has 4 nitrogen and oxygen atoms in total. The molecule has 22 heavy (non-hydrogen) atoms. The molecule has 2 aromatic rings. The third kappa shape index (κ3) is 3.57. The molecule has 0 aliphatic carbocycles. The second-order valence-corrected chi connectivity index (χ2v) is 5.91. The Hall–Kier alpha value is -2.07. The van der Waals surface area contributed by atoms with Gasteiger partial charge in [-0.25, -0.2) is 0 Å². The zero-order valence-corrected chi connectivity index (χ0v) is 12.8. The topological polar surface area (TPSA) is 50.4 Å². The van der Waals surface area contributed by atoms with Crippen LogP contribution in [0, 0.1) is 0 Å². The zero-order chi connectivity index (χ0) is 15.4. The van der Waals surface area contributed by atoms with Crippen LogP contribution in [0.3, 0.4) is 0 Å². The van der Waals surface area contributed by atoms with Crippen LogP contribution in [0.4, 0.5) is 0 Å². The van der Waals surface area contributed by atoms with Crippen LogP contribution in [-0.2, 0) is 4.79 Å². The van der Waals surface area contributed by atoms with E-state index < -0.39 is 0 Å². The number of carbonyl (C=O) groups excluding carboxylic acids is 1. The Kier molecular flexibility index (Phi) is 4.59. The number of piperidine rings is 1. The van der Waals surface area contributed by atoms with Gasteiger partial charge in [-0.05, 0) is 37.8 Å². The minimum Gasteiger partial charge on any atom is -0.483 e. The average molecular weight is 298 g/mol. The molecule has 0 aromatic heterocycles. The van der Waals surface area contributed by atoms with Crippen LogP contribution in [0.1, 0.15) is 19.8 Å². The van der Waals surface area contributed by atoms with Gasteiger partial charge in [-0.3, -0.25) is 4.79 Å². The second-order valence-electron chi connectivity index (χ2n) is 5.91. The molecule has 0 saturated carbocycles. The van der Waals surface area contributed by atoms with Crippen LogP contribution >= 0.6 is 0 Å². The van der Waals surface area contributed by atoms with E-state index in [9.17, 15) is 4.79 Å². The maximum atomic E-state index is 12.1. The van der Waals surface area contributed by atoms with Gasteiger partial charge in [0.25, 0.3) is 5.91 Å². The van der Waals surface area contributed by atoms with Crippen molar-refractivity contribution in [2.24, 2.45) is 0 Å². The summed E-state index contributed by atoms with van der Waals surface area (Å²) >= 11 is 0. The van der Waals surface area contributed by atoms with Crippen molar-refractivity contribution < 1.29 is 9.53 Å². The van der Waals surface area contributed by atoms with Crippen molar-refractivity contribution in [3.05, 3.63) is 42.5 Å². The highest BCUT2D eigenvalue weighted by atomic mass is 16.5. The van der Waals surface area contributed by atoms with E-state index in [-0.39, 0.29) is 18.6 Å². The number of carbonyl (C=O) groups is 1. The quantitative estimate of drug-likeness (QED) is 0.911. The predicted molar refractivity (Wildman–Crippen MR) is 88.1 cm³/mol. The smallest absolute Gasteiger partial charge is 0.258 e. The lowest BCUT2D eigenvalue weighted by Crippen LogP contribution is -2.47. The summed E-state index contributed by atoms with van der Waals surface area (Å²) < 4.78 is 5.72. The molecule has 0 spiro atoms. The van der Waals surface area contributed by atoms with Gasteiger partial charge in [-0.1, -0.05) is 36.4 Å². The highest BCUT2D eigenvalue weighted by Crippen LogP contribution is 2.24. The largest absolute Gasteiger partial charge is 0.483 e. The zero-order valence-electron chi connectivity index (χ0n) is 12.8. The van der Waals surface area contributed by atoms with Crippen molar-refractivity contribution in [3.8, 4) is 5.75 Å². The molecule has 1 heterocycles. The van der Waals surface area contributed by atoms with E-state index in [0.29, 0.717) is 6.04 Å². The summed E-state index contributed by atoms with van der Waals surface area (Å²) in [4.78, 5) is 12.1. The summed E-state index contributed by atoms with van der Waals surface area (Å²) in [6.07, 6.45) is 1.95. The second kappa shape index (κ2) is 6.79. The van der Waals surface area contributed by atoms with Crippen LogP contribution in [0.5, 0.6) is 5.75 Å². The lowest BCUT2D eigenvalue weighted by atomic mass is 10.0. The fraction of sp³-hybridized carbons (Fsp3) is 0.389. The highest BCUT2D eigenvalue weighted by Gasteiger charge is 2.20. The SMILES string of the molecule is CC1CC(NC(=O)COc2cccc3ccccc23)CCN1. The lowest BCUT2D eigenvalue weighted by molar-refractivity contribution is -0.124. The molecule has 3 rings (SSSR count). The van der Waals surface area contributed by atoms with Crippen molar-refractivity contribution in [1.82, 2.24) is 10.6 Å². The van der Waals surface area contributed by atoms with Gasteiger partial charge in [0, 0.05) is 17.5 Å². The van der Waals surface area contributed by atoms with E-state index in [0.717, 1.165) is 35.9 Å². The van der Waals surface area contributed by atoms with E-state index in [1.165, 1.54) is 0 Å². The summed E-state index contributed by atoms with van der Waals surface area (Å²) in [5.74, 6) is 0.707. The van der Waals surface area contributed by atoms with Gasteiger partial charge in [-0.15, -0.1) is 0 Å². The number of fused-ring (bicyclic) bond motifs is 1. The number of rotatable bonds is 4.